The minimum Gasteiger partial charge on any atom is -0.347 e. The number of hydrogen-bond donors (Lipinski definition) is 0. The summed E-state index contributed by atoms with van der Waals surface area (Å²) >= 11 is 0. The van der Waals surface area contributed by atoms with Crippen molar-refractivity contribution in [2.45, 2.75) is 39.0 Å². The lowest BCUT2D eigenvalue weighted by atomic mass is 10.0. The van der Waals surface area contributed by atoms with Crippen LogP contribution in [0.5, 0.6) is 0 Å². The molecule has 3 rings (SSSR count). The van der Waals surface area contributed by atoms with Crippen molar-refractivity contribution in [2.75, 3.05) is 31.2 Å². The largest absolute Gasteiger partial charge is 0.347 e. The molecule has 0 aliphatic carbocycles. The van der Waals surface area contributed by atoms with Gasteiger partial charge in [-0.05, 0) is 12.3 Å². The van der Waals surface area contributed by atoms with Crippen molar-refractivity contribution in [3.63, 3.8) is 0 Å². The lowest BCUT2D eigenvalue weighted by molar-refractivity contribution is -0.161. The van der Waals surface area contributed by atoms with Crippen molar-refractivity contribution in [3.8, 4) is 0 Å². The van der Waals surface area contributed by atoms with E-state index < -0.39 is 5.79 Å². The van der Waals surface area contributed by atoms with Crippen LogP contribution in [0.1, 0.15) is 26.7 Å². The van der Waals surface area contributed by atoms with E-state index in [2.05, 4.69) is 18.8 Å². The quantitative estimate of drug-likeness (QED) is 0.839. The van der Waals surface area contributed by atoms with Crippen molar-refractivity contribution in [1.29, 1.82) is 0 Å². The summed E-state index contributed by atoms with van der Waals surface area (Å²) in [6, 6.07) is 0. The molecule has 2 aliphatic heterocycles. The number of ether oxygens (including phenoxy) is 2. The number of rotatable bonds is 3. The first kappa shape index (κ1) is 14.5. The van der Waals surface area contributed by atoms with Gasteiger partial charge in [-0.25, -0.2) is 4.98 Å². The van der Waals surface area contributed by atoms with Crippen LogP contribution < -0.4 is 10.5 Å². The second kappa shape index (κ2) is 5.77. The third kappa shape index (κ3) is 2.96. The molecule has 2 aliphatic rings. The van der Waals surface area contributed by atoms with Crippen LogP contribution in [0.15, 0.2) is 17.2 Å². The molecule has 6 nitrogen and oxygen atoms in total. The number of aromatic nitrogens is 2. The van der Waals surface area contributed by atoms with E-state index in [0.29, 0.717) is 38.0 Å². The average molecular weight is 293 g/mol. The van der Waals surface area contributed by atoms with Crippen molar-refractivity contribution < 1.29 is 9.47 Å². The minimum atomic E-state index is -0.537. The number of hydrogen-bond acceptors (Lipinski definition) is 5. The van der Waals surface area contributed by atoms with E-state index in [0.717, 1.165) is 19.4 Å². The van der Waals surface area contributed by atoms with E-state index >= 15 is 0 Å². The molecular weight excluding hydrogens is 270 g/mol. The van der Waals surface area contributed by atoms with Crippen LogP contribution in [0.25, 0.3) is 0 Å². The highest BCUT2D eigenvalue weighted by molar-refractivity contribution is 5.37. The smallest absolute Gasteiger partial charge is 0.293 e. The topological polar surface area (TPSA) is 56.6 Å². The van der Waals surface area contributed by atoms with Gasteiger partial charge in [-0.1, -0.05) is 13.8 Å². The third-order valence-electron chi connectivity index (χ3n) is 3.99. The molecule has 0 saturated carbocycles. The summed E-state index contributed by atoms with van der Waals surface area (Å²) in [7, 11) is 0. The second-order valence-electron chi connectivity index (χ2n) is 6.23. The minimum absolute atomic E-state index is 0.0266. The summed E-state index contributed by atoms with van der Waals surface area (Å²) in [6.07, 6.45) is 5.29. The van der Waals surface area contributed by atoms with Crippen LogP contribution in [0, 0.1) is 5.92 Å². The SMILES string of the molecule is CC(C)Cn1ccnc(N2CCCC3(C2)OCCO3)c1=O. The van der Waals surface area contributed by atoms with Gasteiger partial charge in [-0.2, -0.15) is 0 Å². The molecule has 2 saturated heterocycles. The Morgan fingerprint density at radius 1 is 1.38 bits per heavy atom. The lowest BCUT2D eigenvalue weighted by Crippen LogP contribution is -2.51. The van der Waals surface area contributed by atoms with E-state index in [-0.39, 0.29) is 5.56 Å². The van der Waals surface area contributed by atoms with E-state index in [1.165, 1.54) is 0 Å². The molecular formula is C15H23N3O3. The van der Waals surface area contributed by atoms with Crippen LogP contribution in [0.4, 0.5) is 5.82 Å². The molecule has 1 aromatic rings. The summed E-state index contributed by atoms with van der Waals surface area (Å²) in [5.74, 6) is 0.397. The highest BCUT2D eigenvalue weighted by Gasteiger charge is 2.41. The zero-order chi connectivity index (χ0) is 14.9. The predicted octanol–water partition coefficient (Wildman–Crippen LogP) is 1.24. The Bertz CT molecular complexity index is 549. The van der Waals surface area contributed by atoms with Crippen molar-refractivity contribution in [3.05, 3.63) is 22.7 Å². The molecule has 0 unspecified atom stereocenters. The summed E-state index contributed by atoms with van der Waals surface area (Å²) in [5, 5.41) is 0. The summed E-state index contributed by atoms with van der Waals surface area (Å²) in [6.45, 7) is 7.58. The molecule has 21 heavy (non-hydrogen) atoms. The van der Waals surface area contributed by atoms with Gasteiger partial charge in [0.15, 0.2) is 11.6 Å². The maximum Gasteiger partial charge on any atom is 0.293 e. The third-order valence-corrected chi connectivity index (χ3v) is 3.99. The summed E-state index contributed by atoms with van der Waals surface area (Å²) < 4.78 is 13.3. The van der Waals surface area contributed by atoms with E-state index in [4.69, 9.17) is 9.47 Å². The first-order valence-corrected chi connectivity index (χ1v) is 7.68. The molecule has 0 bridgehead atoms. The molecule has 116 valence electrons. The van der Waals surface area contributed by atoms with Gasteiger partial charge in [-0.3, -0.25) is 4.79 Å². The number of piperidine rings is 1. The van der Waals surface area contributed by atoms with E-state index in [1.54, 1.807) is 17.0 Å². The van der Waals surface area contributed by atoms with Crippen LogP contribution in [0.2, 0.25) is 0 Å². The average Bonchev–Trinajstić information content (AvgIpc) is 2.88. The molecule has 2 fully saturated rings. The Morgan fingerprint density at radius 3 is 2.86 bits per heavy atom. The number of nitrogens with zero attached hydrogens (tertiary/aromatic N) is 3. The van der Waals surface area contributed by atoms with Crippen molar-refractivity contribution in [1.82, 2.24) is 9.55 Å². The summed E-state index contributed by atoms with van der Waals surface area (Å²) in [5.41, 5.74) is -0.0266. The Morgan fingerprint density at radius 2 is 2.14 bits per heavy atom. The van der Waals surface area contributed by atoms with Crippen LogP contribution in [0.3, 0.4) is 0 Å². The van der Waals surface area contributed by atoms with Crippen molar-refractivity contribution in [2.24, 2.45) is 5.92 Å². The molecule has 0 atom stereocenters. The van der Waals surface area contributed by atoms with Crippen LogP contribution in [-0.4, -0.2) is 41.6 Å². The molecule has 1 aromatic heterocycles. The predicted molar refractivity (Wildman–Crippen MR) is 79.4 cm³/mol. The van der Waals surface area contributed by atoms with Gasteiger partial charge in [0.05, 0.1) is 19.8 Å². The lowest BCUT2D eigenvalue weighted by Gasteiger charge is -2.38. The van der Waals surface area contributed by atoms with Gasteiger partial charge in [0.25, 0.3) is 5.56 Å². The van der Waals surface area contributed by atoms with E-state index in [9.17, 15) is 4.79 Å². The fourth-order valence-electron chi connectivity index (χ4n) is 3.09. The monoisotopic (exact) mass is 293 g/mol. The fourth-order valence-corrected chi connectivity index (χ4v) is 3.09. The summed E-state index contributed by atoms with van der Waals surface area (Å²) in [4.78, 5) is 18.9. The highest BCUT2D eigenvalue weighted by atomic mass is 16.7. The molecule has 0 aromatic carbocycles. The second-order valence-corrected chi connectivity index (χ2v) is 6.23. The van der Waals surface area contributed by atoms with Gasteiger partial charge in [-0.15, -0.1) is 0 Å². The van der Waals surface area contributed by atoms with Crippen LogP contribution >= 0.6 is 0 Å². The molecule has 6 heteroatoms. The molecule has 1 spiro atoms. The number of anilines is 1. The molecule has 0 amide bonds. The maximum atomic E-state index is 12.6. The first-order chi connectivity index (χ1) is 10.1. The van der Waals surface area contributed by atoms with E-state index in [1.807, 2.05) is 4.90 Å². The maximum absolute atomic E-state index is 12.6. The van der Waals surface area contributed by atoms with Gasteiger partial charge in [0, 0.05) is 31.9 Å². The van der Waals surface area contributed by atoms with Gasteiger partial charge in [0.1, 0.15) is 0 Å². The van der Waals surface area contributed by atoms with Crippen LogP contribution in [-0.2, 0) is 16.0 Å². The zero-order valence-corrected chi connectivity index (χ0v) is 12.7. The Labute approximate surface area is 124 Å². The molecule has 0 N–H and O–H groups in total. The Balaban J connectivity index is 1.84. The zero-order valence-electron chi connectivity index (χ0n) is 12.7. The van der Waals surface area contributed by atoms with Gasteiger partial charge < -0.3 is 18.9 Å². The Kier molecular flexibility index (Phi) is 3.99. The highest BCUT2D eigenvalue weighted by Crippen LogP contribution is 2.31. The fraction of sp³-hybridized carbons (Fsp3) is 0.733. The molecule has 0 radical (unpaired) electrons. The van der Waals surface area contributed by atoms with Crippen molar-refractivity contribution >= 4 is 5.82 Å². The molecule has 3 heterocycles. The van der Waals surface area contributed by atoms with Gasteiger partial charge >= 0.3 is 0 Å². The Hall–Kier alpha value is -1.40. The normalized spacial score (nSPS) is 21.4. The first-order valence-electron chi connectivity index (χ1n) is 7.68. The standard InChI is InChI=1S/C15H23N3O3/c1-12(2)10-17-7-5-16-13(14(17)19)18-6-3-4-15(11-18)20-8-9-21-15/h5,7,12H,3-4,6,8-11H2,1-2H3. The van der Waals surface area contributed by atoms with Gasteiger partial charge in [0.2, 0.25) is 0 Å².